The highest BCUT2D eigenvalue weighted by molar-refractivity contribution is 5.93. The summed E-state index contributed by atoms with van der Waals surface area (Å²) in [4.78, 5) is 22.3. The predicted octanol–water partition coefficient (Wildman–Crippen LogP) is 1.68. The Bertz CT molecular complexity index is 540. The number of hydrogen-bond donors (Lipinski definition) is 2. The number of nitrogens with one attached hydrogen (secondary N) is 1. The largest absolute Gasteiger partial charge is 0.465 e. The van der Waals surface area contributed by atoms with Crippen molar-refractivity contribution >= 4 is 12.0 Å². The number of carboxylic acid groups (broad SMARTS) is 1. The summed E-state index contributed by atoms with van der Waals surface area (Å²) < 4.78 is 12.4. The summed E-state index contributed by atoms with van der Waals surface area (Å²) in [6, 6.07) is 5.64. The van der Waals surface area contributed by atoms with Crippen molar-refractivity contribution in [2.75, 3.05) is 20.1 Å². The second-order valence-corrected chi connectivity index (χ2v) is 4.31. The number of carbonyl (C=O) groups is 2. The molecule has 21 heavy (non-hydrogen) atoms. The van der Waals surface area contributed by atoms with E-state index in [1.54, 1.807) is 0 Å². The minimum atomic E-state index is -0.775. The van der Waals surface area contributed by atoms with Crippen molar-refractivity contribution in [1.82, 2.24) is 10.2 Å². The molecule has 1 aromatic rings. The second kappa shape index (κ2) is 8.59. The number of benzene rings is 1. The number of halogens is 1. The first kappa shape index (κ1) is 16.5. The Morgan fingerprint density at radius 2 is 1.81 bits per heavy atom. The average Bonchev–Trinajstić information content (AvgIpc) is 3.01. The molecule has 1 fully saturated rings. The number of hydrogen-bond acceptors (Lipinski definition) is 2. The van der Waals surface area contributed by atoms with Gasteiger partial charge in [-0.1, -0.05) is 5.92 Å². The topological polar surface area (TPSA) is 69.6 Å². The van der Waals surface area contributed by atoms with Crippen molar-refractivity contribution in [3.8, 4) is 11.8 Å². The molecule has 2 amide bonds. The van der Waals surface area contributed by atoms with Crippen molar-refractivity contribution in [2.24, 2.45) is 0 Å². The SMILES string of the molecule is CNC(=O)C#Cc1ccc(F)cc1.O=C(O)N1CCCC1. The molecular weight excluding hydrogens is 275 g/mol. The minimum absolute atomic E-state index is 0.314. The van der Waals surface area contributed by atoms with Crippen LogP contribution in [0.5, 0.6) is 0 Å². The van der Waals surface area contributed by atoms with E-state index in [1.807, 2.05) is 0 Å². The highest BCUT2D eigenvalue weighted by Gasteiger charge is 2.15. The molecule has 1 heterocycles. The molecule has 0 aromatic heterocycles. The Morgan fingerprint density at radius 3 is 2.24 bits per heavy atom. The van der Waals surface area contributed by atoms with Gasteiger partial charge in [-0.25, -0.2) is 9.18 Å². The Hall–Kier alpha value is -2.55. The first-order valence-corrected chi connectivity index (χ1v) is 6.50. The third-order valence-electron chi connectivity index (χ3n) is 2.77. The molecule has 2 rings (SSSR count). The molecular formula is C15H17FN2O3. The first-order chi connectivity index (χ1) is 10.0. The molecule has 0 bridgehead atoms. The fraction of sp³-hybridized carbons (Fsp3) is 0.333. The van der Waals surface area contributed by atoms with Crippen LogP contribution in [0.2, 0.25) is 0 Å². The third kappa shape index (κ3) is 6.43. The van der Waals surface area contributed by atoms with Crippen LogP contribution < -0.4 is 5.32 Å². The lowest BCUT2D eigenvalue weighted by atomic mass is 10.2. The maximum Gasteiger partial charge on any atom is 0.407 e. The van der Waals surface area contributed by atoms with Gasteiger partial charge in [0.15, 0.2) is 0 Å². The summed E-state index contributed by atoms with van der Waals surface area (Å²) in [6.45, 7) is 1.46. The van der Waals surface area contributed by atoms with Crippen LogP contribution in [0.15, 0.2) is 24.3 Å². The van der Waals surface area contributed by atoms with Crippen LogP contribution >= 0.6 is 0 Å². The maximum absolute atomic E-state index is 12.4. The van der Waals surface area contributed by atoms with Crippen molar-refractivity contribution in [3.63, 3.8) is 0 Å². The van der Waals surface area contributed by atoms with E-state index in [4.69, 9.17) is 5.11 Å². The zero-order chi connectivity index (χ0) is 15.7. The zero-order valence-electron chi connectivity index (χ0n) is 11.7. The lowest BCUT2D eigenvalue weighted by Gasteiger charge is -2.07. The van der Waals surface area contributed by atoms with E-state index in [0.717, 1.165) is 25.9 Å². The molecule has 0 spiro atoms. The summed E-state index contributed by atoms with van der Waals surface area (Å²) in [6.07, 6.45) is 1.29. The van der Waals surface area contributed by atoms with E-state index >= 15 is 0 Å². The van der Waals surface area contributed by atoms with Crippen LogP contribution in [0.1, 0.15) is 18.4 Å². The minimum Gasteiger partial charge on any atom is -0.465 e. The lowest BCUT2D eigenvalue weighted by molar-refractivity contribution is -0.115. The quantitative estimate of drug-likeness (QED) is 0.715. The Balaban J connectivity index is 0.000000235. The van der Waals surface area contributed by atoms with E-state index < -0.39 is 6.09 Å². The van der Waals surface area contributed by atoms with Crippen molar-refractivity contribution in [2.45, 2.75) is 12.8 Å². The van der Waals surface area contributed by atoms with Gasteiger partial charge < -0.3 is 15.3 Å². The molecule has 112 valence electrons. The van der Waals surface area contributed by atoms with E-state index in [9.17, 15) is 14.0 Å². The smallest absolute Gasteiger partial charge is 0.407 e. The molecule has 1 aliphatic heterocycles. The normalized spacial score (nSPS) is 12.6. The number of rotatable bonds is 0. The van der Waals surface area contributed by atoms with Gasteiger partial charge in [0.25, 0.3) is 5.91 Å². The van der Waals surface area contributed by atoms with Crippen LogP contribution in [-0.2, 0) is 4.79 Å². The van der Waals surface area contributed by atoms with Crippen LogP contribution in [0.4, 0.5) is 9.18 Å². The van der Waals surface area contributed by atoms with Crippen LogP contribution in [0, 0.1) is 17.7 Å². The highest BCUT2D eigenvalue weighted by Crippen LogP contribution is 2.06. The van der Waals surface area contributed by atoms with Gasteiger partial charge in [0.05, 0.1) is 0 Å². The van der Waals surface area contributed by atoms with Crippen LogP contribution in [0.25, 0.3) is 0 Å². The maximum atomic E-state index is 12.4. The molecule has 1 saturated heterocycles. The molecule has 5 nitrogen and oxygen atoms in total. The fourth-order valence-electron chi connectivity index (χ4n) is 1.63. The third-order valence-corrected chi connectivity index (χ3v) is 2.77. The van der Waals surface area contributed by atoms with Crippen molar-refractivity contribution in [1.29, 1.82) is 0 Å². The standard InChI is InChI=1S/C10H8FNO.C5H9NO2/c1-12-10(13)7-4-8-2-5-9(11)6-3-8;7-5(8)6-3-1-2-4-6/h2-3,5-6H,1H3,(H,12,13);1-4H2,(H,7,8). The molecule has 0 aliphatic carbocycles. The van der Waals surface area contributed by atoms with Crippen molar-refractivity contribution in [3.05, 3.63) is 35.6 Å². The zero-order valence-corrected chi connectivity index (χ0v) is 11.7. The molecule has 2 N–H and O–H groups in total. The molecule has 0 atom stereocenters. The van der Waals surface area contributed by atoms with Gasteiger partial charge in [0.2, 0.25) is 0 Å². The van der Waals surface area contributed by atoms with E-state index in [2.05, 4.69) is 17.2 Å². The van der Waals surface area contributed by atoms with Gasteiger partial charge >= 0.3 is 6.09 Å². The van der Waals surface area contributed by atoms with Gasteiger partial charge in [0, 0.05) is 31.6 Å². The first-order valence-electron chi connectivity index (χ1n) is 6.50. The molecule has 0 unspecified atom stereocenters. The monoisotopic (exact) mass is 292 g/mol. The molecule has 1 aliphatic rings. The summed E-state index contributed by atoms with van der Waals surface area (Å²) in [5.41, 5.74) is 0.616. The second-order valence-electron chi connectivity index (χ2n) is 4.31. The van der Waals surface area contributed by atoms with E-state index in [-0.39, 0.29) is 11.7 Å². The molecule has 0 saturated carbocycles. The van der Waals surface area contributed by atoms with Crippen molar-refractivity contribution < 1.29 is 19.1 Å². The van der Waals surface area contributed by atoms with Gasteiger partial charge in [-0.2, -0.15) is 0 Å². The average molecular weight is 292 g/mol. The molecule has 0 radical (unpaired) electrons. The van der Waals surface area contributed by atoms with E-state index in [1.165, 1.54) is 36.2 Å². The molecule has 1 aromatic carbocycles. The Morgan fingerprint density at radius 1 is 1.24 bits per heavy atom. The summed E-state index contributed by atoms with van der Waals surface area (Å²) >= 11 is 0. The summed E-state index contributed by atoms with van der Waals surface area (Å²) in [7, 11) is 1.50. The fourth-order valence-corrected chi connectivity index (χ4v) is 1.63. The Kier molecular flexibility index (Phi) is 6.75. The van der Waals surface area contributed by atoms with Gasteiger partial charge in [-0.05, 0) is 37.1 Å². The predicted molar refractivity (Wildman–Crippen MR) is 76.2 cm³/mol. The van der Waals surface area contributed by atoms with Gasteiger partial charge in [0.1, 0.15) is 5.82 Å². The number of carbonyl (C=O) groups excluding carboxylic acids is 1. The van der Waals surface area contributed by atoms with Crippen LogP contribution in [-0.4, -0.2) is 42.1 Å². The molecule has 6 heteroatoms. The van der Waals surface area contributed by atoms with Gasteiger partial charge in [-0.15, -0.1) is 0 Å². The van der Waals surface area contributed by atoms with Crippen LogP contribution in [0.3, 0.4) is 0 Å². The highest BCUT2D eigenvalue weighted by atomic mass is 19.1. The number of amides is 2. The van der Waals surface area contributed by atoms with Gasteiger partial charge in [-0.3, -0.25) is 4.79 Å². The summed E-state index contributed by atoms with van der Waals surface area (Å²) in [5.74, 6) is 4.27. The Labute approximate surface area is 122 Å². The lowest BCUT2D eigenvalue weighted by Crippen LogP contribution is -2.25. The number of nitrogens with zero attached hydrogens (tertiary/aromatic N) is 1. The number of likely N-dealkylation sites (tertiary alicyclic amines) is 1. The van der Waals surface area contributed by atoms with E-state index in [0.29, 0.717) is 5.56 Å². The summed E-state index contributed by atoms with van der Waals surface area (Å²) in [5, 5.41) is 10.7.